The van der Waals surface area contributed by atoms with Crippen LogP contribution in [0.3, 0.4) is 0 Å². The topological polar surface area (TPSA) is 44.8 Å². The molecule has 0 saturated carbocycles. The average Bonchev–Trinajstić information content (AvgIpc) is 2.85. The minimum atomic E-state index is -4.53. The number of hydrogen-bond acceptors (Lipinski definition) is 4. The van der Waals surface area contributed by atoms with Gasteiger partial charge in [0.2, 0.25) is 5.82 Å². The lowest BCUT2D eigenvalue weighted by Crippen LogP contribution is -2.34. The Labute approximate surface area is 147 Å². The molecule has 0 aliphatic carbocycles. The van der Waals surface area contributed by atoms with E-state index in [1.807, 2.05) is 0 Å². The summed E-state index contributed by atoms with van der Waals surface area (Å²) in [6.45, 7) is 2.75. The molecule has 0 N–H and O–H groups in total. The smallest absolute Gasteiger partial charge is 0.391 e. The average molecular weight is 382 g/mol. The van der Waals surface area contributed by atoms with Crippen molar-refractivity contribution >= 4 is 5.97 Å². The molecular formula is C17H19F5O4. The Hall–Kier alpha value is -1.90. The van der Waals surface area contributed by atoms with Crippen molar-refractivity contribution in [1.82, 2.24) is 0 Å². The molecular weight excluding hydrogens is 363 g/mol. The van der Waals surface area contributed by atoms with Crippen LogP contribution in [0.1, 0.15) is 38.2 Å². The molecule has 0 spiro atoms. The van der Waals surface area contributed by atoms with Crippen molar-refractivity contribution in [2.24, 2.45) is 0 Å². The van der Waals surface area contributed by atoms with Gasteiger partial charge in [-0.25, -0.2) is 9.18 Å². The highest BCUT2D eigenvalue weighted by Gasteiger charge is 2.53. The van der Waals surface area contributed by atoms with Crippen molar-refractivity contribution < 1.29 is 41.0 Å². The molecule has 1 fully saturated rings. The molecule has 0 amide bonds. The molecule has 26 heavy (non-hydrogen) atoms. The fraction of sp³-hybridized carbons (Fsp3) is 0.588. The summed E-state index contributed by atoms with van der Waals surface area (Å²) in [7, 11) is 1.10. The third-order valence-corrected chi connectivity index (χ3v) is 4.21. The lowest BCUT2D eigenvalue weighted by atomic mass is 9.85. The number of halogens is 5. The highest BCUT2D eigenvalue weighted by molar-refractivity contribution is 5.77. The lowest BCUT2D eigenvalue weighted by Gasteiger charge is -2.25. The molecule has 3 atom stereocenters. The SMILES string of the molecule is CCOC(=O)C1OC(C)(CC(F)(F)F)CC1c1ccc(F)c(F)c1OC. The van der Waals surface area contributed by atoms with Crippen molar-refractivity contribution in [1.29, 1.82) is 0 Å². The summed E-state index contributed by atoms with van der Waals surface area (Å²) in [5, 5.41) is 0. The zero-order chi connectivity index (χ0) is 19.7. The quantitative estimate of drug-likeness (QED) is 0.568. The Morgan fingerprint density at radius 1 is 1.35 bits per heavy atom. The van der Waals surface area contributed by atoms with Crippen LogP contribution in [0.15, 0.2) is 12.1 Å². The van der Waals surface area contributed by atoms with Crippen LogP contribution in [0.2, 0.25) is 0 Å². The maximum Gasteiger partial charge on any atom is 0.391 e. The van der Waals surface area contributed by atoms with E-state index in [2.05, 4.69) is 0 Å². The number of ether oxygens (including phenoxy) is 3. The first-order valence-electron chi connectivity index (χ1n) is 7.94. The van der Waals surface area contributed by atoms with E-state index in [-0.39, 0.29) is 18.6 Å². The Bertz CT molecular complexity index is 676. The van der Waals surface area contributed by atoms with Crippen molar-refractivity contribution in [3.63, 3.8) is 0 Å². The maximum atomic E-state index is 14.0. The monoisotopic (exact) mass is 382 g/mol. The number of benzene rings is 1. The van der Waals surface area contributed by atoms with E-state index in [1.165, 1.54) is 19.9 Å². The van der Waals surface area contributed by atoms with E-state index >= 15 is 0 Å². The van der Waals surface area contributed by atoms with Crippen LogP contribution in [-0.2, 0) is 14.3 Å². The molecule has 1 aromatic carbocycles. The zero-order valence-corrected chi connectivity index (χ0v) is 14.5. The van der Waals surface area contributed by atoms with Crippen LogP contribution < -0.4 is 4.74 Å². The molecule has 2 rings (SSSR count). The van der Waals surface area contributed by atoms with E-state index in [0.29, 0.717) is 0 Å². The molecule has 0 aromatic heterocycles. The van der Waals surface area contributed by atoms with Gasteiger partial charge in [0.25, 0.3) is 0 Å². The first kappa shape index (κ1) is 20.4. The third-order valence-electron chi connectivity index (χ3n) is 4.21. The van der Waals surface area contributed by atoms with Crippen molar-refractivity contribution in [2.45, 2.75) is 50.5 Å². The summed E-state index contributed by atoms with van der Waals surface area (Å²) >= 11 is 0. The number of methoxy groups -OCH3 is 1. The van der Waals surface area contributed by atoms with Gasteiger partial charge in [-0.05, 0) is 26.3 Å². The molecule has 146 valence electrons. The number of carbonyl (C=O) groups is 1. The second kappa shape index (κ2) is 7.38. The van der Waals surface area contributed by atoms with E-state index in [0.717, 1.165) is 13.2 Å². The molecule has 0 bridgehead atoms. The summed E-state index contributed by atoms with van der Waals surface area (Å²) < 4.78 is 81.3. The van der Waals surface area contributed by atoms with Gasteiger partial charge in [-0.15, -0.1) is 0 Å². The van der Waals surface area contributed by atoms with Crippen LogP contribution in [0.4, 0.5) is 22.0 Å². The van der Waals surface area contributed by atoms with Crippen molar-refractivity contribution in [3.05, 3.63) is 29.3 Å². The standard InChI is InChI=1S/C17H19F5O4/c1-4-25-15(23)14-10(7-16(2,26-14)8-17(20,21)22)9-5-6-11(18)12(19)13(9)24-3/h5-6,10,14H,4,7-8H2,1-3H3. The van der Waals surface area contributed by atoms with Crippen LogP contribution in [-0.4, -0.2) is 37.6 Å². The van der Waals surface area contributed by atoms with Gasteiger partial charge in [0.15, 0.2) is 17.7 Å². The fourth-order valence-corrected chi connectivity index (χ4v) is 3.30. The summed E-state index contributed by atoms with van der Waals surface area (Å²) in [5.74, 6) is -4.77. The summed E-state index contributed by atoms with van der Waals surface area (Å²) in [6.07, 6.45) is -7.45. The van der Waals surface area contributed by atoms with Crippen LogP contribution in [0.5, 0.6) is 5.75 Å². The Balaban J connectivity index is 2.46. The largest absolute Gasteiger partial charge is 0.493 e. The highest BCUT2D eigenvalue weighted by atomic mass is 19.4. The first-order chi connectivity index (χ1) is 12.0. The molecule has 3 unspecified atom stereocenters. The van der Waals surface area contributed by atoms with Crippen LogP contribution in [0.25, 0.3) is 0 Å². The molecule has 0 radical (unpaired) electrons. The fourth-order valence-electron chi connectivity index (χ4n) is 3.30. The second-order valence-electron chi connectivity index (χ2n) is 6.33. The predicted octanol–water partition coefficient (Wildman–Crippen LogP) is 4.12. The van der Waals surface area contributed by atoms with Gasteiger partial charge in [-0.1, -0.05) is 6.07 Å². The van der Waals surface area contributed by atoms with Crippen molar-refractivity contribution in [3.8, 4) is 5.75 Å². The van der Waals surface area contributed by atoms with Crippen LogP contribution >= 0.6 is 0 Å². The second-order valence-corrected chi connectivity index (χ2v) is 6.33. The third kappa shape index (κ3) is 4.25. The number of rotatable bonds is 5. The number of carbonyl (C=O) groups excluding carboxylic acids is 1. The molecule has 9 heteroatoms. The van der Waals surface area contributed by atoms with Crippen molar-refractivity contribution in [2.75, 3.05) is 13.7 Å². The van der Waals surface area contributed by atoms with Crippen LogP contribution in [0, 0.1) is 11.6 Å². The van der Waals surface area contributed by atoms with E-state index in [9.17, 15) is 26.7 Å². The maximum absolute atomic E-state index is 14.0. The molecule has 1 heterocycles. The highest BCUT2D eigenvalue weighted by Crippen LogP contribution is 2.48. The molecule has 4 nitrogen and oxygen atoms in total. The van der Waals surface area contributed by atoms with E-state index in [4.69, 9.17) is 14.2 Å². The van der Waals surface area contributed by atoms with Gasteiger partial charge in [0.1, 0.15) is 0 Å². The van der Waals surface area contributed by atoms with Gasteiger partial charge in [0.05, 0.1) is 25.7 Å². The molecule has 1 saturated heterocycles. The Morgan fingerprint density at radius 3 is 2.54 bits per heavy atom. The Kier molecular flexibility index (Phi) is 5.79. The minimum absolute atomic E-state index is 0.00366. The number of esters is 1. The first-order valence-corrected chi connectivity index (χ1v) is 7.94. The summed E-state index contributed by atoms with van der Waals surface area (Å²) in [6, 6.07) is 2.01. The molecule has 1 aromatic rings. The summed E-state index contributed by atoms with van der Waals surface area (Å²) in [5.41, 5.74) is -1.66. The van der Waals surface area contributed by atoms with Gasteiger partial charge < -0.3 is 14.2 Å². The normalized spacial score (nSPS) is 26.0. The zero-order valence-electron chi connectivity index (χ0n) is 14.5. The van der Waals surface area contributed by atoms with Gasteiger partial charge in [-0.2, -0.15) is 17.6 Å². The molecule has 1 aliphatic heterocycles. The summed E-state index contributed by atoms with van der Waals surface area (Å²) in [4.78, 5) is 12.2. The molecule has 1 aliphatic rings. The minimum Gasteiger partial charge on any atom is -0.493 e. The van der Waals surface area contributed by atoms with E-state index in [1.54, 1.807) is 0 Å². The van der Waals surface area contributed by atoms with Gasteiger partial charge >= 0.3 is 12.1 Å². The number of alkyl halides is 3. The lowest BCUT2D eigenvalue weighted by molar-refractivity contribution is -0.189. The number of hydrogen-bond donors (Lipinski definition) is 0. The van der Waals surface area contributed by atoms with Gasteiger partial charge in [0, 0.05) is 11.5 Å². The van der Waals surface area contributed by atoms with Gasteiger partial charge in [-0.3, -0.25) is 0 Å². The predicted molar refractivity (Wildman–Crippen MR) is 80.9 cm³/mol. The Morgan fingerprint density at radius 2 is 2.00 bits per heavy atom. The van der Waals surface area contributed by atoms with E-state index < -0.39 is 53.6 Å².